The number of oxime groups is 1. The van der Waals surface area contributed by atoms with Gasteiger partial charge in [-0.1, -0.05) is 28.4 Å². The van der Waals surface area contributed by atoms with E-state index < -0.39 is 0 Å². The zero-order chi connectivity index (χ0) is 23.0. The fourth-order valence-corrected chi connectivity index (χ4v) is 2.61. The number of hydrogen-bond donors (Lipinski definition) is 0. The number of halogens is 2. The summed E-state index contributed by atoms with van der Waals surface area (Å²) in [5.41, 5.74) is 1.65. The molecule has 7 heteroatoms. The third-order valence-electron chi connectivity index (χ3n) is 4.44. The monoisotopic (exact) mass is 464 g/mol. The highest BCUT2D eigenvalue weighted by Gasteiger charge is 2.16. The third kappa shape index (κ3) is 8.72. The summed E-state index contributed by atoms with van der Waals surface area (Å²) >= 11 is 11.1. The number of anilines is 1. The fourth-order valence-electron chi connectivity index (χ4n) is 2.48. The van der Waals surface area contributed by atoms with Crippen molar-refractivity contribution in [2.75, 3.05) is 18.6 Å². The lowest BCUT2D eigenvalue weighted by Gasteiger charge is -2.27. The molecule has 5 nitrogen and oxygen atoms in total. The predicted octanol–water partition coefficient (Wildman–Crippen LogP) is 7.19. The first-order valence-electron chi connectivity index (χ1n) is 10.0. The molecule has 0 heterocycles. The minimum Gasteiger partial charge on any atom is -0.489 e. The highest BCUT2D eigenvalue weighted by atomic mass is 35.5. The zero-order valence-corrected chi connectivity index (χ0v) is 20.4. The molecule has 0 fully saturated rings. The van der Waals surface area contributed by atoms with Crippen molar-refractivity contribution in [1.82, 2.24) is 0 Å². The molecule has 168 valence electrons. The molecule has 0 spiro atoms. The number of nitrogens with zero attached hydrogens (tertiary/aromatic N) is 2. The van der Waals surface area contributed by atoms with Crippen LogP contribution >= 0.6 is 23.2 Å². The van der Waals surface area contributed by atoms with E-state index in [-0.39, 0.29) is 16.1 Å². The topological polar surface area (TPSA) is 43.3 Å². The number of rotatable bonds is 9. The minimum atomic E-state index is -0.308. The SMILES string of the molecule is CC(=NOC(C)(C)C)C(C)N(C)c1ccc(Oc2ccc(OCC=C(Cl)Cl)cc2)cc1. The van der Waals surface area contributed by atoms with Gasteiger partial charge in [-0.05, 0) is 89.2 Å². The van der Waals surface area contributed by atoms with Crippen molar-refractivity contribution >= 4 is 34.6 Å². The summed E-state index contributed by atoms with van der Waals surface area (Å²) in [6, 6.07) is 15.4. The summed E-state index contributed by atoms with van der Waals surface area (Å²) in [7, 11) is 2.03. The van der Waals surface area contributed by atoms with Gasteiger partial charge in [0.15, 0.2) is 0 Å². The highest BCUT2D eigenvalue weighted by molar-refractivity contribution is 6.55. The van der Waals surface area contributed by atoms with E-state index in [4.69, 9.17) is 37.5 Å². The van der Waals surface area contributed by atoms with Gasteiger partial charge >= 0.3 is 0 Å². The average Bonchev–Trinajstić information content (AvgIpc) is 2.72. The summed E-state index contributed by atoms with van der Waals surface area (Å²) in [6.07, 6.45) is 1.58. The maximum atomic E-state index is 5.92. The molecule has 0 aliphatic carbocycles. The van der Waals surface area contributed by atoms with Gasteiger partial charge < -0.3 is 19.2 Å². The second-order valence-electron chi connectivity index (χ2n) is 8.10. The van der Waals surface area contributed by atoms with Gasteiger partial charge in [0.2, 0.25) is 0 Å². The van der Waals surface area contributed by atoms with E-state index >= 15 is 0 Å². The van der Waals surface area contributed by atoms with E-state index in [9.17, 15) is 0 Å². The Labute approximate surface area is 195 Å². The van der Waals surface area contributed by atoms with Gasteiger partial charge in [0.1, 0.15) is 33.9 Å². The fraction of sp³-hybridized carbons (Fsp3) is 0.375. The van der Waals surface area contributed by atoms with Crippen molar-refractivity contribution < 1.29 is 14.3 Å². The zero-order valence-electron chi connectivity index (χ0n) is 18.9. The maximum Gasteiger partial charge on any atom is 0.129 e. The molecule has 1 atom stereocenters. The molecular formula is C24H30Cl2N2O3. The number of hydrogen-bond acceptors (Lipinski definition) is 5. The summed E-state index contributed by atoms with van der Waals surface area (Å²) in [5, 5.41) is 4.27. The normalized spacial score (nSPS) is 12.7. The van der Waals surface area contributed by atoms with Gasteiger partial charge in [0.25, 0.3) is 0 Å². The second kappa shape index (κ2) is 11.3. The predicted molar refractivity (Wildman–Crippen MR) is 130 cm³/mol. The Morgan fingerprint density at radius 2 is 1.52 bits per heavy atom. The lowest BCUT2D eigenvalue weighted by Crippen LogP contribution is -2.35. The van der Waals surface area contributed by atoms with Gasteiger partial charge in [0, 0.05) is 12.7 Å². The van der Waals surface area contributed by atoms with Crippen LogP contribution in [0.4, 0.5) is 5.69 Å². The van der Waals surface area contributed by atoms with Crippen LogP contribution in [0.25, 0.3) is 0 Å². The van der Waals surface area contributed by atoms with Gasteiger partial charge in [-0.25, -0.2) is 0 Å². The molecule has 0 bridgehead atoms. The highest BCUT2D eigenvalue weighted by Crippen LogP contribution is 2.26. The van der Waals surface area contributed by atoms with Crippen molar-refractivity contribution in [1.29, 1.82) is 0 Å². The van der Waals surface area contributed by atoms with Crippen molar-refractivity contribution in [3.05, 3.63) is 59.1 Å². The van der Waals surface area contributed by atoms with Crippen molar-refractivity contribution in [3.8, 4) is 17.2 Å². The summed E-state index contributed by atoms with van der Waals surface area (Å²) in [5.74, 6) is 2.17. The lowest BCUT2D eigenvalue weighted by molar-refractivity contribution is 0.000340. The Bertz CT molecular complexity index is 885. The van der Waals surface area contributed by atoms with Crippen LogP contribution in [0.2, 0.25) is 0 Å². The molecule has 1 unspecified atom stereocenters. The molecule has 0 amide bonds. The molecule has 0 radical (unpaired) electrons. The Morgan fingerprint density at radius 1 is 1.00 bits per heavy atom. The summed E-state index contributed by atoms with van der Waals surface area (Å²) in [4.78, 5) is 7.68. The first-order valence-corrected chi connectivity index (χ1v) is 10.8. The van der Waals surface area contributed by atoms with Crippen molar-refractivity contribution in [3.63, 3.8) is 0 Å². The van der Waals surface area contributed by atoms with Crippen LogP contribution in [0, 0.1) is 0 Å². The Hall–Kier alpha value is -2.37. The molecule has 0 aromatic heterocycles. The van der Waals surface area contributed by atoms with Crippen LogP contribution in [0.5, 0.6) is 17.2 Å². The Kier molecular flexibility index (Phi) is 9.08. The molecule has 0 N–H and O–H groups in total. The first kappa shape index (κ1) is 24.9. The molecule has 0 aliphatic heterocycles. The first-order chi connectivity index (χ1) is 14.5. The van der Waals surface area contributed by atoms with Gasteiger partial charge in [-0.2, -0.15) is 0 Å². The van der Waals surface area contributed by atoms with Crippen LogP contribution in [0.1, 0.15) is 34.6 Å². The molecule has 2 rings (SSSR count). The van der Waals surface area contributed by atoms with E-state index in [1.165, 1.54) is 0 Å². The summed E-state index contributed by atoms with van der Waals surface area (Å²) in [6.45, 7) is 10.3. The number of ether oxygens (including phenoxy) is 2. The van der Waals surface area contributed by atoms with Gasteiger partial charge in [0.05, 0.1) is 11.8 Å². The number of benzene rings is 2. The molecular weight excluding hydrogens is 435 g/mol. The van der Waals surface area contributed by atoms with Crippen molar-refractivity contribution in [2.24, 2.45) is 5.16 Å². The molecule has 0 saturated heterocycles. The van der Waals surface area contributed by atoms with Gasteiger partial charge in [-0.15, -0.1) is 0 Å². The quantitative estimate of drug-likeness (QED) is 0.290. The largest absolute Gasteiger partial charge is 0.489 e. The maximum absolute atomic E-state index is 5.92. The average molecular weight is 465 g/mol. The van der Waals surface area contributed by atoms with Crippen LogP contribution in [0.15, 0.2) is 64.3 Å². The van der Waals surface area contributed by atoms with Gasteiger partial charge in [-0.3, -0.25) is 0 Å². The summed E-state index contributed by atoms with van der Waals surface area (Å²) < 4.78 is 11.6. The van der Waals surface area contributed by atoms with Crippen LogP contribution in [-0.2, 0) is 4.84 Å². The Balaban J connectivity index is 1.96. The molecule has 2 aromatic carbocycles. The van der Waals surface area contributed by atoms with Crippen LogP contribution in [-0.4, -0.2) is 31.0 Å². The molecule has 0 saturated carbocycles. The van der Waals surface area contributed by atoms with E-state index in [0.29, 0.717) is 12.4 Å². The van der Waals surface area contributed by atoms with E-state index in [0.717, 1.165) is 22.9 Å². The van der Waals surface area contributed by atoms with Crippen LogP contribution < -0.4 is 14.4 Å². The van der Waals surface area contributed by atoms with Crippen LogP contribution in [0.3, 0.4) is 0 Å². The van der Waals surface area contributed by atoms with E-state index in [1.54, 1.807) is 6.08 Å². The molecule has 31 heavy (non-hydrogen) atoms. The standard InChI is InChI=1S/C24H30Cl2N2O3/c1-17(27-31-24(3,4)5)18(2)28(6)19-7-9-21(10-8-19)30-22-13-11-20(12-14-22)29-16-15-23(25)26/h7-15,18H,16H2,1-6H3. The van der Waals surface area contributed by atoms with E-state index in [2.05, 4.69) is 17.0 Å². The molecule has 2 aromatic rings. The third-order valence-corrected chi connectivity index (χ3v) is 4.75. The Morgan fingerprint density at radius 3 is 2.03 bits per heavy atom. The smallest absolute Gasteiger partial charge is 0.129 e. The second-order valence-corrected chi connectivity index (χ2v) is 9.10. The molecule has 0 aliphatic rings. The van der Waals surface area contributed by atoms with Crippen molar-refractivity contribution in [2.45, 2.75) is 46.3 Å². The minimum absolute atomic E-state index is 0.0881. The van der Waals surface area contributed by atoms with E-state index in [1.807, 2.05) is 83.3 Å². The lowest BCUT2D eigenvalue weighted by atomic mass is 10.1.